The molecule has 6 rings (SSSR count). The lowest BCUT2D eigenvalue weighted by molar-refractivity contribution is -0.149. The van der Waals surface area contributed by atoms with E-state index in [1.807, 2.05) is 17.2 Å². The Labute approximate surface area is 264 Å². The monoisotopic (exact) mass is 640 g/mol. The molecule has 0 radical (unpaired) electrons. The van der Waals surface area contributed by atoms with Crippen molar-refractivity contribution < 1.29 is 33.4 Å². The highest BCUT2D eigenvalue weighted by Gasteiger charge is 2.53. The second-order valence-corrected chi connectivity index (χ2v) is 13.2. The van der Waals surface area contributed by atoms with E-state index in [9.17, 15) is 23.9 Å². The van der Waals surface area contributed by atoms with Crippen LogP contribution >= 0.6 is 11.3 Å². The second kappa shape index (κ2) is 12.1. The Kier molecular flexibility index (Phi) is 8.39. The molecule has 2 N–H and O–H groups in total. The molecular weight excluding hydrogens is 603 g/mol. The highest BCUT2D eigenvalue weighted by atomic mass is 32.1. The van der Waals surface area contributed by atoms with Gasteiger partial charge < -0.3 is 29.7 Å². The summed E-state index contributed by atoms with van der Waals surface area (Å²) >= 11 is 1.40. The van der Waals surface area contributed by atoms with Crippen molar-refractivity contribution in [3.63, 3.8) is 0 Å². The highest BCUT2D eigenvalue weighted by Crippen LogP contribution is 2.38. The summed E-state index contributed by atoms with van der Waals surface area (Å²) in [7, 11) is 0. The van der Waals surface area contributed by atoms with Gasteiger partial charge in [0.2, 0.25) is 0 Å². The number of piperazine rings is 1. The standard InChI is InChI=1S/C31H37FN6O6S/c1-4-44-27(39)23-22(34-25(26-33-9-13-45-26)35-24(23)20-6-5-7-21(32)19(20)2)14-36-10-11-38-29(42)37(16-30(38,3)15-36)17-31(28(40)41)8-12-43-18-31/h5-7,9,13,24H,4,8,10-12,14-18H2,1-3H3,(H,34,35)(H,40,41)/t24-,30-,31?/m0/s1. The molecule has 0 bridgehead atoms. The third-order valence-electron chi connectivity index (χ3n) is 9.18. The summed E-state index contributed by atoms with van der Waals surface area (Å²) in [6, 6.07) is 3.76. The number of carbonyl (C=O) groups excluding carboxylic acids is 2. The van der Waals surface area contributed by atoms with E-state index >= 15 is 0 Å². The summed E-state index contributed by atoms with van der Waals surface area (Å²) in [5, 5.41) is 15.8. The number of carboxylic acid groups (broad SMARTS) is 1. The van der Waals surface area contributed by atoms with Crippen LogP contribution in [0.4, 0.5) is 9.18 Å². The molecule has 2 amide bonds. The number of nitrogens with one attached hydrogen (secondary N) is 1. The number of aromatic nitrogens is 1. The van der Waals surface area contributed by atoms with Crippen LogP contribution in [0.25, 0.3) is 0 Å². The molecule has 4 aliphatic heterocycles. The van der Waals surface area contributed by atoms with Gasteiger partial charge in [0, 0.05) is 63.1 Å². The minimum absolute atomic E-state index is 0.0837. The third kappa shape index (κ3) is 5.70. The molecule has 0 aliphatic carbocycles. The first-order valence-electron chi connectivity index (χ1n) is 15.0. The smallest absolute Gasteiger partial charge is 0.338 e. The normalized spacial score (nSPS) is 27.0. The molecular formula is C31H37FN6O6S. The Morgan fingerprint density at radius 3 is 2.80 bits per heavy atom. The quantitative estimate of drug-likeness (QED) is 0.397. The molecule has 1 aromatic heterocycles. The molecule has 3 saturated heterocycles. The van der Waals surface area contributed by atoms with E-state index in [0.717, 1.165) is 0 Å². The van der Waals surface area contributed by atoms with Crippen LogP contribution < -0.4 is 5.32 Å². The number of carbonyl (C=O) groups is 3. The number of fused-ring (bicyclic) bond motifs is 1. The van der Waals surface area contributed by atoms with E-state index in [1.54, 1.807) is 37.1 Å². The molecule has 240 valence electrons. The molecule has 3 atom stereocenters. The zero-order valence-corrected chi connectivity index (χ0v) is 26.4. The van der Waals surface area contributed by atoms with Gasteiger partial charge in [-0.25, -0.2) is 19.0 Å². The van der Waals surface area contributed by atoms with Gasteiger partial charge in [-0.15, -0.1) is 11.3 Å². The summed E-state index contributed by atoms with van der Waals surface area (Å²) in [4.78, 5) is 54.2. The zero-order valence-electron chi connectivity index (χ0n) is 25.5. The number of urea groups is 1. The number of ether oxygens (including phenoxy) is 2. The number of carboxylic acids is 1. The lowest BCUT2D eigenvalue weighted by Gasteiger charge is -2.44. The largest absolute Gasteiger partial charge is 0.481 e. The number of rotatable bonds is 9. The number of halogens is 1. The second-order valence-electron chi connectivity index (χ2n) is 12.3. The van der Waals surface area contributed by atoms with Crippen molar-refractivity contribution in [2.45, 2.75) is 38.8 Å². The molecule has 1 aromatic carbocycles. The Bertz CT molecular complexity index is 1560. The number of aliphatic carboxylic acids is 1. The van der Waals surface area contributed by atoms with Crippen molar-refractivity contribution in [3.8, 4) is 0 Å². The van der Waals surface area contributed by atoms with E-state index < -0.39 is 34.8 Å². The number of amidine groups is 1. The molecule has 5 heterocycles. The van der Waals surface area contributed by atoms with Gasteiger partial charge in [-0.3, -0.25) is 14.7 Å². The van der Waals surface area contributed by atoms with Gasteiger partial charge in [0.05, 0.1) is 24.3 Å². The summed E-state index contributed by atoms with van der Waals surface area (Å²) in [5.74, 6) is -1.41. The number of hydrogen-bond acceptors (Lipinski definition) is 10. The summed E-state index contributed by atoms with van der Waals surface area (Å²) < 4.78 is 25.7. The summed E-state index contributed by atoms with van der Waals surface area (Å²) in [5.41, 5.74) is 0.133. The van der Waals surface area contributed by atoms with Crippen LogP contribution in [0.2, 0.25) is 0 Å². The van der Waals surface area contributed by atoms with Crippen LogP contribution in [-0.2, 0) is 19.1 Å². The van der Waals surface area contributed by atoms with Crippen molar-refractivity contribution in [2.24, 2.45) is 10.4 Å². The number of amides is 2. The average Bonchev–Trinajstić information content (AvgIpc) is 3.75. The van der Waals surface area contributed by atoms with Crippen molar-refractivity contribution >= 4 is 35.1 Å². The van der Waals surface area contributed by atoms with Gasteiger partial charge in [-0.2, -0.15) is 0 Å². The van der Waals surface area contributed by atoms with E-state index in [2.05, 4.69) is 15.2 Å². The first kappa shape index (κ1) is 31.1. The minimum Gasteiger partial charge on any atom is -0.481 e. The number of aliphatic imine (C=N–C) groups is 1. The van der Waals surface area contributed by atoms with Crippen molar-refractivity contribution in [1.29, 1.82) is 0 Å². The first-order chi connectivity index (χ1) is 21.5. The number of esters is 1. The fourth-order valence-corrected chi connectivity index (χ4v) is 7.44. The Morgan fingerprint density at radius 2 is 2.11 bits per heavy atom. The Morgan fingerprint density at radius 1 is 1.29 bits per heavy atom. The van der Waals surface area contributed by atoms with Crippen molar-refractivity contribution in [3.05, 3.63) is 63.0 Å². The Hall–Kier alpha value is -3.88. The van der Waals surface area contributed by atoms with Gasteiger partial charge in [0.1, 0.15) is 17.3 Å². The third-order valence-corrected chi connectivity index (χ3v) is 9.96. The minimum atomic E-state index is -1.11. The van der Waals surface area contributed by atoms with Crippen LogP contribution in [0.3, 0.4) is 0 Å². The fraction of sp³-hybridized carbons (Fsp3) is 0.516. The van der Waals surface area contributed by atoms with Crippen LogP contribution in [0.5, 0.6) is 0 Å². The molecule has 12 nitrogen and oxygen atoms in total. The number of thiazole rings is 1. The van der Waals surface area contributed by atoms with Crippen molar-refractivity contribution in [2.75, 3.05) is 59.1 Å². The topological polar surface area (TPSA) is 137 Å². The predicted molar refractivity (Wildman–Crippen MR) is 163 cm³/mol. The molecule has 1 unspecified atom stereocenters. The van der Waals surface area contributed by atoms with Crippen LogP contribution in [-0.4, -0.2) is 113 Å². The summed E-state index contributed by atoms with van der Waals surface area (Å²) in [6.45, 7) is 8.23. The molecule has 3 fully saturated rings. The lowest BCUT2D eigenvalue weighted by Crippen LogP contribution is -2.60. The first-order valence-corrected chi connectivity index (χ1v) is 15.9. The Balaban J connectivity index is 1.31. The maximum atomic E-state index is 14.8. The predicted octanol–water partition coefficient (Wildman–Crippen LogP) is 2.80. The number of benzene rings is 1. The fourth-order valence-electron chi connectivity index (χ4n) is 6.85. The van der Waals surface area contributed by atoms with Crippen LogP contribution in [0.1, 0.15) is 42.4 Å². The van der Waals surface area contributed by atoms with E-state index in [1.165, 1.54) is 17.4 Å². The van der Waals surface area contributed by atoms with E-state index in [-0.39, 0.29) is 25.8 Å². The molecule has 4 aliphatic rings. The maximum Gasteiger partial charge on any atom is 0.338 e. The molecule has 45 heavy (non-hydrogen) atoms. The van der Waals surface area contributed by atoms with E-state index in [4.69, 9.17) is 14.5 Å². The molecule has 0 saturated carbocycles. The van der Waals surface area contributed by atoms with Gasteiger partial charge >= 0.3 is 18.0 Å². The van der Waals surface area contributed by atoms with Gasteiger partial charge in [-0.1, -0.05) is 12.1 Å². The number of hydrogen-bond donors (Lipinski definition) is 2. The van der Waals surface area contributed by atoms with Gasteiger partial charge in [-0.05, 0) is 44.4 Å². The lowest BCUT2D eigenvalue weighted by atomic mass is 9.86. The van der Waals surface area contributed by atoms with Gasteiger partial charge in [0.15, 0.2) is 10.8 Å². The van der Waals surface area contributed by atoms with Crippen molar-refractivity contribution in [1.82, 2.24) is 25.0 Å². The molecule has 0 spiro atoms. The molecule has 14 heteroatoms. The SMILES string of the molecule is CCOC(=O)C1=C(CN2CCN3C(=O)N(CC4(C(=O)O)CCOC4)C[C@]3(C)C2)NC(c2nccs2)=N[C@H]1c1cccc(F)c1C. The number of nitrogens with zero attached hydrogens (tertiary/aromatic N) is 5. The van der Waals surface area contributed by atoms with Crippen LogP contribution in [0.15, 0.2) is 46.0 Å². The summed E-state index contributed by atoms with van der Waals surface area (Å²) in [6.07, 6.45) is 2.03. The van der Waals surface area contributed by atoms with E-state index in [0.29, 0.717) is 79.0 Å². The molecule has 2 aromatic rings. The van der Waals surface area contributed by atoms with Gasteiger partial charge in [0.25, 0.3) is 0 Å². The maximum absolute atomic E-state index is 14.8. The van der Waals surface area contributed by atoms with Crippen LogP contribution in [0, 0.1) is 18.2 Å². The zero-order chi connectivity index (χ0) is 31.9. The average molecular weight is 641 g/mol. The highest BCUT2D eigenvalue weighted by molar-refractivity contribution is 7.11.